The summed E-state index contributed by atoms with van der Waals surface area (Å²) in [5.41, 5.74) is 16.2. The molecule has 10 aromatic rings. The summed E-state index contributed by atoms with van der Waals surface area (Å²) in [7, 11) is 0. The Kier molecular flexibility index (Phi) is 7.05. The van der Waals surface area contributed by atoms with E-state index in [1.807, 2.05) is 11.3 Å². The summed E-state index contributed by atoms with van der Waals surface area (Å²) in [6.45, 7) is 0. The minimum Gasteiger partial charge on any atom is -0.294 e. The highest BCUT2D eigenvalue weighted by atomic mass is 32.1. The van der Waals surface area contributed by atoms with Gasteiger partial charge in [-0.1, -0.05) is 176 Å². The van der Waals surface area contributed by atoms with E-state index in [0.29, 0.717) is 0 Å². The quantitative estimate of drug-likeness (QED) is 0.178. The van der Waals surface area contributed by atoms with Gasteiger partial charge in [0.05, 0.1) is 22.5 Å². The number of hydrogen-bond donors (Lipinski definition) is 0. The van der Waals surface area contributed by atoms with Crippen molar-refractivity contribution in [3.63, 3.8) is 0 Å². The topological polar surface area (TPSA) is 16.1 Å². The third-order valence-electron chi connectivity index (χ3n) is 12.1. The first-order valence-electron chi connectivity index (χ1n) is 19.5. The van der Waals surface area contributed by atoms with Crippen LogP contribution in [0.5, 0.6) is 0 Å². The Morgan fingerprint density at radius 2 is 0.982 bits per heavy atom. The van der Waals surface area contributed by atoms with Crippen molar-refractivity contribution in [3.05, 3.63) is 229 Å². The molecule has 266 valence electrons. The van der Waals surface area contributed by atoms with E-state index in [9.17, 15) is 0 Å². The van der Waals surface area contributed by atoms with Gasteiger partial charge in [0.2, 0.25) is 0 Å². The molecule has 1 spiro atoms. The lowest BCUT2D eigenvalue weighted by atomic mass is 9.64. The van der Waals surface area contributed by atoms with Gasteiger partial charge in [0.1, 0.15) is 5.82 Å². The second-order valence-corrected chi connectivity index (χ2v) is 16.1. The Balaban J connectivity index is 1.19. The predicted octanol–water partition coefficient (Wildman–Crippen LogP) is 14.6. The van der Waals surface area contributed by atoms with Gasteiger partial charge in [0.25, 0.3) is 0 Å². The van der Waals surface area contributed by atoms with Crippen LogP contribution >= 0.6 is 11.3 Å². The highest BCUT2D eigenvalue weighted by Crippen LogP contribution is 2.63. The number of nitrogens with zero attached hydrogens (tertiary/aromatic N) is 2. The number of aromatic nitrogens is 1. The number of rotatable bonds is 4. The van der Waals surface area contributed by atoms with Gasteiger partial charge in [0, 0.05) is 25.7 Å². The first-order valence-corrected chi connectivity index (χ1v) is 20.4. The van der Waals surface area contributed by atoms with Crippen LogP contribution in [0.1, 0.15) is 22.3 Å². The number of thiophene rings is 1. The van der Waals surface area contributed by atoms with Crippen LogP contribution in [-0.2, 0) is 5.41 Å². The van der Waals surface area contributed by atoms with Crippen molar-refractivity contribution in [2.24, 2.45) is 0 Å². The third-order valence-corrected chi connectivity index (χ3v) is 13.3. The van der Waals surface area contributed by atoms with Gasteiger partial charge in [-0.3, -0.25) is 4.90 Å². The van der Waals surface area contributed by atoms with E-state index in [0.717, 1.165) is 39.6 Å². The zero-order valence-corrected chi connectivity index (χ0v) is 31.7. The summed E-state index contributed by atoms with van der Waals surface area (Å²) in [6.07, 6.45) is 0. The van der Waals surface area contributed by atoms with Crippen molar-refractivity contribution in [2.75, 3.05) is 4.90 Å². The van der Waals surface area contributed by atoms with Gasteiger partial charge in [-0.15, -0.1) is 11.3 Å². The van der Waals surface area contributed by atoms with E-state index in [1.54, 1.807) is 0 Å². The Morgan fingerprint density at radius 1 is 0.386 bits per heavy atom. The van der Waals surface area contributed by atoms with Gasteiger partial charge < -0.3 is 0 Å². The lowest BCUT2D eigenvalue weighted by Gasteiger charge is -2.45. The van der Waals surface area contributed by atoms with Crippen LogP contribution in [0.25, 0.3) is 64.8 Å². The maximum atomic E-state index is 5.56. The van der Waals surface area contributed by atoms with E-state index in [4.69, 9.17) is 4.98 Å². The second kappa shape index (κ2) is 12.5. The highest BCUT2D eigenvalue weighted by molar-refractivity contribution is 7.26. The van der Waals surface area contributed by atoms with Crippen molar-refractivity contribution in [1.82, 2.24) is 4.98 Å². The normalized spacial score (nSPS) is 13.4. The number of benzene rings is 8. The molecule has 2 aromatic heterocycles. The molecule has 1 aliphatic carbocycles. The molecule has 1 aliphatic heterocycles. The summed E-state index contributed by atoms with van der Waals surface area (Å²) in [5, 5.41) is 2.61. The summed E-state index contributed by atoms with van der Waals surface area (Å²) in [5.74, 6) is 0.885. The molecule has 0 saturated carbocycles. The van der Waals surface area contributed by atoms with Crippen LogP contribution in [0.2, 0.25) is 0 Å². The van der Waals surface area contributed by atoms with Crippen LogP contribution in [0.15, 0.2) is 206 Å². The number of hydrogen-bond acceptors (Lipinski definition) is 3. The minimum atomic E-state index is -0.531. The number of para-hydroxylation sites is 1. The average molecular weight is 743 g/mol. The molecule has 0 atom stereocenters. The molecule has 0 unspecified atom stereocenters. The SMILES string of the molecule is c1ccc(-c2cc(-c3ccccc3)nc(N3c4ccccc4C4(c5ccccc5-c5ccccc54)c4ccc(-c5cccc6c5sc5ccccc56)cc43)c2)cc1. The van der Waals surface area contributed by atoms with Gasteiger partial charge in [0.15, 0.2) is 0 Å². The molecule has 12 rings (SSSR count). The maximum absolute atomic E-state index is 5.56. The molecule has 8 aromatic carbocycles. The summed E-state index contributed by atoms with van der Waals surface area (Å²) in [4.78, 5) is 8.00. The Bertz CT molecular complexity index is 3090. The molecule has 2 aliphatic rings. The first kappa shape index (κ1) is 32.2. The van der Waals surface area contributed by atoms with E-state index in [1.165, 1.54) is 64.7 Å². The van der Waals surface area contributed by atoms with Gasteiger partial charge in [-0.25, -0.2) is 4.98 Å². The minimum absolute atomic E-state index is 0.531. The van der Waals surface area contributed by atoms with E-state index >= 15 is 0 Å². The summed E-state index contributed by atoms with van der Waals surface area (Å²) in [6, 6.07) is 75.6. The lowest BCUT2D eigenvalue weighted by Crippen LogP contribution is -2.36. The molecule has 3 heterocycles. The van der Waals surface area contributed by atoms with E-state index in [-0.39, 0.29) is 0 Å². The van der Waals surface area contributed by atoms with Crippen LogP contribution in [0.4, 0.5) is 17.2 Å². The second-order valence-electron chi connectivity index (χ2n) is 15.0. The zero-order valence-electron chi connectivity index (χ0n) is 30.9. The van der Waals surface area contributed by atoms with Crippen LogP contribution < -0.4 is 4.90 Å². The number of fused-ring (bicyclic) bond motifs is 12. The molecule has 2 nitrogen and oxygen atoms in total. The van der Waals surface area contributed by atoms with Crippen LogP contribution in [-0.4, -0.2) is 4.98 Å². The molecule has 0 saturated heterocycles. The van der Waals surface area contributed by atoms with Crippen LogP contribution in [0.3, 0.4) is 0 Å². The van der Waals surface area contributed by atoms with Crippen LogP contribution in [0, 0.1) is 0 Å². The standard InChI is InChI=1S/C54H34N2S/c1-3-16-35(17-4-1)38-32-48(36-18-5-2-6-19-36)55-52(34-38)56-49-28-13-12-27-46(49)54(44-25-10-7-20-40(44)41-21-8-11-26-45(41)54)47-31-30-37(33-50(47)56)39-23-15-24-43-42-22-9-14-29-51(42)57-53(39)43/h1-34H. The molecule has 3 heteroatoms. The zero-order chi connectivity index (χ0) is 37.5. The molecule has 57 heavy (non-hydrogen) atoms. The summed E-state index contributed by atoms with van der Waals surface area (Å²) >= 11 is 1.88. The monoisotopic (exact) mass is 742 g/mol. The number of pyridine rings is 1. The predicted molar refractivity (Wildman–Crippen MR) is 239 cm³/mol. The van der Waals surface area contributed by atoms with E-state index < -0.39 is 5.41 Å². The molecular weight excluding hydrogens is 709 g/mol. The van der Waals surface area contributed by atoms with Crippen molar-refractivity contribution >= 4 is 48.7 Å². The molecule has 0 amide bonds. The smallest absolute Gasteiger partial charge is 0.138 e. The van der Waals surface area contributed by atoms with Gasteiger partial charge >= 0.3 is 0 Å². The Labute approximate surface area is 335 Å². The van der Waals surface area contributed by atoms with Gasteiger partial charge in [-0.05, 0) is 86.0 Å². The fourth-order valence-electron chi connectivity index (χ4n) is 9.68. The fraction of sp³-hybridized carbons (Fsp3) is 0.0185. The Hall–Kier alpha value is -7.07. The van der Waals surface area contributed by atoms with Gasteiger partial charge in [-0.2, -0.15) is 0 Å². The number of anilines is 3. The Morgan fingerprint density at radius 3 is 1.75 bits per heavy atom. The lowest BCUT2D eigenvalue weighted by molar-refractivity contribution is 0.751. The molecular formula is C54H34N2S. The van der Waals surface area contributed by atoms with Crippen molar-refractivity contribution in [2.45, 2.75) is 5.41 Å². The first-order chi connectivity index (χ1) is 28.3. The summed E-state index contributed by atoms with van der Waals surface area (Å²) < 4.78 is 2.62. The molecule has 0 bridgehead atoms. The molecule has 0 radical (unpaired) electrons. The van der Waals surface area contributed by atoms with E-state index in [2.05, 4.69) is 211 Å². The van der Waals surface area contributed by atoms with Crippen molar-refractivity contribution in [3.8, 4) is 44.6 Å². The average Bonchev–Trinajstić information content (AvgIpc) is 3.81. The fourth-order valence-corrected chi connectivity index (χ4v) is 10.9. The molecule has 0 fully saturated rings. The highest BCUT2D eigenvalue weighted by Gasteiger charge is 2.51. The third kappa shape index (κ3) is 4.67. The molecule has 0 N–H and O–H groups in total. The van der Waals surface area contributed by atoms with Crippen molar-refractivity contribution in [1.29, 1.82) is 0 Å². The largest absolute Gasteiger partial charge is 0.294 e. The van der Waals surface area contributed by atoms with Crippen molar-refractivity contribution < 1.29 is 0 Å². The maximum Gasteiger partial charge on any atom is 0.138 e.